The van der Waals surface area contributed by atoms with Crippen LogP contribution in [0.4, 0.5) is 0 Å². The van der Waals surface area contributed by atoms with E-state index in [1.807, 2.05) is 55.5 Å². The van der Waals surface area contributed by atoms with Crippen molar-refractivity contribution in [1.82, 2.24) is 36.2 Å². The summed E-state index contributed by atoms with van der Waals surface area (Å²) in [6.07, 6.45) is 6.51. The number of amides is 2. The smallest absolute Gasteiger partial charge is 0.251 e. The minimum Gasteiger partial charge on any atom is -0.350 e. The molecule has 226 valence electrons. The molecule has 2 heterocycles. The molecule has 9 nitrogen and oxygen atoms in total. The summed E-state index contributed by atoms with van der Waals surface area (Å²) < 4.78 is 0. The third-order valence-electron chi connectivity index (χ3n) is 7.60. The summed E-state index contributed by atoms with van der Waals surface area (Å²) in [5.74, 6) is 0.390. The molecule has 0 unspecified atom stereocenters. The van der Waals surface area contributed by atoms with Gasteiger partial charge in [0.25, 0.3) is 5.91 Å². The van der Waals surface area contributed by atoms with Crippen molar-refractivity contribution in [3.8, 4) is 0 Å². The third-order valence-corrected chi connectivity index (χ3v) is 7.60. The van der Waals surface area contributed by atoms with Crippen LogP contribution in [0.25, 0.3) is 10.8 Å². The number of carbonyl (C=O) groups is 2. The normalized spacial score (nSPS) is 11.8. The Morgan fingerprint density at radius 1 is 0.818 bits per heavy atom. The number of hydrogen-bond donors (Lipinski definition) is 5. The second kappa shape index (κ2) is 15.6. The zero-order valence-corrected chi connectivity index (χ0v) is 25.0. The average Bonchev–Trinajstić information content (AvgIpc) is 3.57. The van der Waals surface area contributed by atoms with Crippen LogP contribution in [0.15, 0.2) is 97.5 Å². The van der Waals surface area contributed by atoms with Gasteiger partial charge in [0, 0.05) is 43.8 Å². The molecule has 0 saturated carbocycles. The van der Waals surface area contributed by atoms with Crippen molar-refractivity contribution < 1.29 is 9.59 Å². The Bertz CT molecular complexity index is 1650. The first kappa shape index (κ1) is 30.6. The zero-order chi connectivity index (χ0) is 30.6. The Morgan fingerprint density at radius 2 is 1.66 bits per heavy atom. The van der Waals surface area contributed by atoms with Crippen molar-refractivity contribution in [3.63, 3.8) is 0 Å². The number of aromatic amines is 1. The van der Waals surface area contributed by atoms with Gasteiger partial charge < -0.3 is 26.3 Å². The van der Waals surface area contributed by atoms with Gasteiger partial charge in [0.15, 0.2) is 0 Å². The average molecular weight is 590 g/mol. The predicted octanol–water partition coefficient (Wildman–Crippen LogP) is 4.54. The van der Waals surface area contributed by atoms with E-state index in [9.17, 15) is 9.59 Å². The minimum absolute atomic E-state index is 0.203. The molecular formula is C35H39N7O2. The highest BCUT2D eigenvalue weighted by molar-refractivity contribution is 5.97. The van der Waals surface area contributed by atoms with E-state index in [0.29, 0.717) is 51.1 Å². The molecule has 2 aromatic heterocycles. The van der Waals surface area contributed by atoms with Crippen LogP contribution >= 0.6 is 0 Å². The lowest BCUT2D eigenvalue weighted by Crippen LogP contribution is -2.46. The third kappa shape index (κ3) is 8.59. The molecule has 0 spiro atoms. The maximum Gasteiger partial charge on any atom is 0.251 e. The molecule has 0 aliphatic rings. The second-order valence-electron chi connectivity index (χ2n) is 10.8. The number of benzene rings is 3. The van der Waals surface area contributed by atoms with Gasteiger partial charge >= 0.3 is 0 Å². The summed E-state index contributed by atoms with van der Waals surface area (Å²) in [5, 5.41) is 15.0. The van der Waals surface area contributed by atoms with Crippen LogP contribution in [0.3, 0.4) is 0 Å². The molecule has 0 saturated heterocycles. The van der Waals surface area contributed by atoms with E-state index in [4.69, 9.17) is 0 Å². The van der Waals surface area contributed by atoms with Crippen molar-refractivity contribution in [1.29, 1.82) is 0 Å². The zero-order valence-electron chi connectivity index (χ0n) is 25.0. The topological polar surface area (TPSA) is 124 Å². The number of fused-ring (bicyclic) bond motifs is 1. The van der Waals surface area contributed by atoms with Gasteiger partial charge in [-0.3, -0.25) is 14.6 Å². The fourth-order valence-electron chi connectivity index (χ4n) is 5.10. The Morgan fingerprint density at radius 3 is 2.48 bits per heavy atom. The Labute approximate surface area is 257 Å². The lowest BCUT2D eigenvalue weighted by Gasteiger charge is -2.19. The molecule has 5 rings (SSSR count). The lowest BCUT2D eigenvalue weighted by atomic mass is 10.0. The minimum atomic E-state index is -0.675. The van der Waals surface area contributed by atoms with Gasteiger partial charge in [0.05, 0.1) is 12.2 Å². The van der Waals surface area contributed by atoms with Crippen molar-refractivity contribution in [3.05, 3.63) is 131 Å². The second-order valence-corrected chi connectivity index (χ2v) is 10.8. The molecule has 0 aliphatic carbocycles. The molecule has 5 N–H and O–H groups in total. The number of aryl methyl sites for hydroxylation is 1. The maximum absolute atomic E-state index is 13.4. The van der Waals surface area contributed by atoms with Gasteiger partial charge in [-0.2, -0.15) is 0 Å². The van der Waals surface area contributed by atoms with E-state index < -0.39 is 6.04 Å². The molecule has 0 radical (unpaired) electrons. The monoisotopic (exact) mass is 589 g/mol. The summed E-state index contributed by atoms with van der Waals surface area (Å²) in [7, 11) is 0. The summed E-state index contributed by atoms with van der Waals surface area (Å²) in [5.41, 5.74) is 4.73. The van der Waals surface area contributed by atoms with E-state index in [1.54, 1.807) is 30.7 Å². The number of nitrogens with zero attached hydrogens (tertiary/aromatic N) is 2. The molecule has 5 aromatic rings. The molecule has 0 aliphatic heterocycles. The molecule has 0 bridgehead atoms. The number of hydrogen-bond acceptors (Lipinski definition) is 6. The number of pyridine rings is 1. The molecule has 44 heavy (non-hydrogen) atoms. The Balaban J connectivity index is 1.18. The quantitative estimate of drug-likeness (QED) is 0.114. The van der Waals surface area contributed by atoms with Crippen molar-refractivity contribution in [2.75, 3.05) is 6.54 Å². The predicted molar refractivity (Wildman–Crippen MR) is 173 cm³/mol. The van der Waals surface area contributed by atoms with Crippen LogP contribution in [-0.2, 0) is 31.0 Å². The maximum atomic E-state index is 13.4. The van der Waals surface area contributed by atoms with E-state index in [2.05, 4.69) is 54.4 Å². The van der Waals surface area contributed by atoms with Crippen molar-refractivity contribution >= 4 is 22.6 Å². The van der Waals surface area contributed by atoms with Crippen LogP contribution in [0.5, 0.6) is 0 Å². The van der Waals surface area contributed by atoms with E-state index in [0.717, 1.165) is 39.0 Å². The van der Waals surface area contributed by atoms with Gasteiger partial charge in [-0.1, -0.05) is 60.7 Å². The van der Waals surface area contributed by atoms with Gasteiger partial charge in [-0.05, 0) is 72.0 Å². The number of H-pyrrole nitrogens is 1. The number of carbonyl (C=O) groups excluding carboxylic acids is 2. The highest BCUT2D eigenvalue weighted by Gasteiger charge is 2.21. The molecular weight excluding hydrogens is 550 g/mol. The van der Waals surface area contributed by atoms with Gasteiger partial charge in [0.1, 0.15) is 11.9 Å². The lowest BCUT2D eigenvalue weighted by molar-refractivity contribution is -0.123. The van der Waals surface area contributed by atoms with E-state index >= 15 is 0 Å². The van der Waals surface area contributed by atoms with Crippen molar-refractivity contribution in [2.24, 2.45) is 0 Å². The Hall–Kier alpha value is -4.86. The number of imidazole rings is 1. The van der Waals surface area contributed by atoms with Crippen LogP contribution in [0.1, 0.15) is 51.4 Å². The number of aromatic nitrogens is 3. The largest absolute Gasteiger partial charge is 0.350 e. The van der Waals surface area contributed by atoms with Crippen LogP contribution in [0, 0.1) is 6.92 Å². The summed E-state index contributed by atoms with van der Waals surface area (Å²) in [4.78, 5) is 38.4. The summed E-state index contributed by atoms with van der Waals surface area (Å²) >= 11 is 0. The molecule has 1 atom stereocenters. The first-order chi connectivity index (χ1) is 21.6. The summed E-state index contributed by atoms with van der Waals surface area (Å²) in [6, 6.07) is 24.9. The Kier molecular flexibility index (Phi) is 10.8. The van der Waals surface area contributed by atoms with Crippen LogP contribution in [0.2, 0.25) is 0 Å². The van der Waals surface area contributed by atoms with Gasteiger partial charge in [-0.25, -0.2) is 4.98 Å². The van der Waals surface area contributed by atoms with Crippen molar-refractivity contribution in [2.45, 2.75) is 52.0 Å². The fourth-order valence-corrected chi connectivity index (χ4v) is 5.10. The fraction of sp³-hybridized carbons (Fsp3) is 0.257. The molecule has 2 amide bonds. The first-order valence-electron chi connectivity index (χ1n) is 15.0. The van der Waals surface area contributed by atoms with Crippen LogP contribution in [-0.4, -0.2) is 39.4 Å². The first-order valence-corrected chi connectivity index (χ1v) is 15.0. The standard InChI is InChI=1S/C35H39N7O2/c1-25-7-5-18-38-32(25)23-36-17-6-12-31(35(44)41-22-29-10-4-9-27-8-2-3-11-30(27)29)42-34(43)28-15-13-26(14-16-28)21-37-24-33-39-19-20-40-33/h2-5,7-11,13-16,18-20,31,36-37H,6,12,17,21-24H2,1H3,(H,39,40)(H,41,44)(H,42,43)/t31-/m0/s1. The molecule has 0 fully saturated rings. The number of rotatable bonds is 15. The molecule has 9 heteroatoms. The highest BCUT2D eigenvalue weighted by Crippen LogP contribution is 2.18. The molecule has 3 aromatic carbocycles. The number of nitrogens with one attached hydrogen (secondary N) is 5. The highest BCUT2D eigenvalue weighted by atomic mass is 16.2. The summed E-state index contributed by atoms with van der Waals surface area (Å²) in [6.45, 7) is 5.04. The van der Waals surface area contributed by atoms with Gasteiger partial charge in [-0.15, -0.1) is 0 Å². The van der Waals surface area contributed by atoms with E-state index in [-0.39, 0.29) is 11.8 Å². The SMILES string of the molecule is Cc1cccnc1CNCCC[C@H](NC(=O)c1ccc(CNCc2ncc[nH]2)cc1)C(=O)NCc1cccc2ccccc12. The van der Waals surface area contributed by atoms with Gasteiger partial charge in [0.2, 0.25) is 5.91 Å². The van der Waals surface area contributed by atoms with E-state index in [1.165, 1.54) is 0 Å². The van der Waals surface area contributed by atoms with Crippen LogP contribution < -0.4 is 21.3 Å².